The molecule has 1 saturated carbocycles. The van der Waals surface area contributed by atoms with E-state index in [4.69, 9.17) is 4.74 Å². The number of hydrogen-bond donors (Lipinski definition) is 1. The molecule has 1 N–H and O–H groups in total. The van der Waals surface area contributed by atoms with Crippen molar-refractivity contribution >= 4 is 6.09 Å². The molecule has 2 aliphatic rings. The van der Waals surface area contributed by atoms with Crippen LogP contribution < -0.4 is 5.32 Å². The van der Waals surface area contributed by atoms with E-state index >= 15 is 0 Å². The van der Waals surface area contributed by atoms with E-state index < -0.39 is 5.60 Å². The van der Waals surface area contributed by atoms with Crippen LogP contribution in [0.25, 0.3) is 0 Å². The molecule has 0 aromatic heterocycles. The molecule has 3 rings (SSSR count). The van der Waals surface area contributed by atoms with Gasteiger partial charge in [-0.1, -0.05) is 43.5 Å². The molecule has 4 nitrogen and oxygen atoms in total. The summed E-state index contributed by atoms with van der Waals surface area (Å²) in [6.45, 7) is 9.04. The van der Waals surface area contributed by atoms with Gasteiger partial charge in [-0.25, -0.2) is 4.79 Å². The summed E-state index contributed by atoms with van der Waals surface area (Å²) in [7, 11) is 0. The number of alkyl carbamates (subject to hydrolysis) is 1. The Kier molecular flexibility index (Phi) is 6.46. The van der Waals surface area contributed by atoms with Gasteiger partial charge in [0.05, 0.1) is 0 Å². The molecular formula is C23H36N2O2. The molecule has 27 heavy (non-hydrogen) atoms. The van der Waals surface area contributed by atoms with E-state index in [2.05, 4.69) is 34.5 Å². The Bertz CT molecular complexity index is 603. The molecule has 1 aliphatic heterocycles. The lowest BCUT2D eigenvalue weighted by molar-refractivity contribution is 0.0405. The van der Waals surface area contributed by atoms with Crippen molar-refractivity contribution in [2.75, 3.05) is 19.6 Å². The molecular weight excluding hydrogens is 336 g/mol. The second kappa shape index (κ2) is 8.64. The number of nitrogens with one attached hydrogen (secondary N) is 1. The summed E-state index contributed by atoms with van der Waals surface area (Å²) >= 11 is 0. The minimum atomic E-state index is -0.448. The second-order valence-electron chi connectivity index (χ2n) is 9.33. The van der Waals surface area contributed by atoms with Gasteiger partial charge in [0.2, 0.25) is 0 Å². The zero-order valence-corrected chi connectivity index (χ0v) is 17.4. The highest BCUT2D eigenvalue weighted by atomic mass is 16.6. The molecule has 0 radical (unpaired) electrons. The Morgan fingerprint density at radius 2 is 1.67 bits per heavy atom. The highest BCUT2D eigenvalue weighted by Gasteiger charge is 2.35. The molecule has 4 heteroatoms. The quantitative estimate of drug-likeness (QED) is 0.832. The van der Waals surface area contributed by atoms with Crippen LogP contribution in [0.3, 0.4) is 0 Å². The van der Waals surface area contributed by atoms with Gasteiger partial charge in [-0.15, -0.1) is 0 Å². The molecule has 0 spiro atoms. The fraction of sp³-hybridized carbons (Fsp3) is 0.696. The molecule has 1 aromatic carbocycles. The zero-order valence-electron chi connectivity index (χ0n) is 17.4. The van der Waals surface area contributed by atoms with E-state index in [1.54, 1.807) is 0 Å². The van der Waals surface area contributed by atoms with E-state index in [1.165, 1.54) is 30.4 Å². The van der Waals surface area contributed by atoms with E-state index in [-0.39, 0.29) is 11.6 Å². The maximum Gasteiger partial charge on any atom is 0.408 e. The lowest BCUT2D eigenvalue weighted by Crippen LogP contribution is -2.52. The summed E-state index contributed by atoms with van der Waals surface area (Å²) in [4.78, 5) is 15.0. The number of nitrogens with zero attached hydrogens (tertiary/aromatic N) is 1. The molecule has 1 amide bonds. The van der Waals surface area contributed by atoms with Gasteiger partial charge >= 0.3 is 6.09 Å². The van der Waals surface area contributed by atoms with Gasteiger partial charge in [0.15, 0.2) is 0 Å². The number of carbonyl (C=O) groups is 1. The first kappa shape index (κ1) is 20.2. The monoisotopic (exact) mass is 372 g/mol. The Labute approximate surface area is 164 Å². The van der Waals surface area contributed by atoms with Crippen molar-refractivity contribution in [1.82, 2.24) is 10.2 Å². The Hall–Kier alpha value is -1.55. The molecule has 1 aliphatic carbocycles. The number of carbonyl (C=O) groups excluding carboxylic acids is 1. The summed E-state index contributed by atoms with van der Waals surface area (Å²) in [5.41, 5.74) is 2.45. The van der Waals surface area contributed by atoms with Crippen LogP contribution in [0.5, 0.6) is 0 Å². The summed E-state index contributed by atoms with van der Waals surface area (Å²) < 4.78 is 5.56. The van der Waals surface area contributed by atoms with Gasteiger partial charge in [-0.3, -0.25) is 0 Å². The van der Waals surface area contributed by atoms with Crippen LogP contribution in [0.15, 0.2) is 24.3 Å². The number of rotatable bonds is 4. The van der Waals surface area contributed by atoms with Crippen LogP contribution in [-0.2, 0) is 17.6 Å². The largest absolute Gasteiger partial charge is 0.444 e. The average molecular weight is 373 g/mol. The van der Waals surface area contributed by atoms with Crippen molar-refractivity contribution in [3.8, 4) is 0 Å². The van der Waals surface area contributed by atoms with Crippen molar-refractivity contribution in [3.63, 3.8) is 0 Å². The predicted molar refractivity (Wildman–Crippen MR) is 110 cm³/mol. The smallest absolute Gasteiger partial charge is 0.408 e. The summed E-state index contributed by atoms with van der Waals surface area (Å²) in [5, 5.41) is 3.27. The topological polar surface area (TPSA) is 41.6 Å². The zero-order chi connectivity index (χ0) is 19.3. The Balaban J connectivity index is 1.58. The molecule has 0 saturated heterocycles. The minimum Gasteiger partial charge on any atom is -0.444 e. The van der Waals surface area contributed by atoms with E-state index in [0.717, 1.165) is 51.7 Å². The first-order valence-corrected chi connectivity index (χ1v) is 10.7. The molecule has 1 fully saturated rings. The van der Waals surface area contributed by atoms with Crippen LogP contribution in [0, 0.1) is 0 Å². The minimum absolute atomic E-state index is 0.0975. The molecule has 150 valence electrons. The van der Waals surface area contributed by atoms with Gasteiger partial charge in [0.1, 0.15) is 5.60 Å². The van der Waals surface area contributed by atoms with Crippen molar-refractivity contribution in [3.05, 3.63) is 35.4 Å². The number of ether oxygens (including phenoxy) is 1. The third-order valence-corrected chi connectivity index (χ3v) is 6.00. The van der Waals surface area contributed by atoms with Crippen molar-refractivity contribution in [2.45, 2.75) is 83.3 Å². The molecule has 0 atom stereocenters. The maximum absolute atomic E-state index is 12.4. The number of hydrogen-bond acceptors (Lipinski definition) is 3. The van der Waals surface area contributed by atoms with Crippen LogP contribution in [-0.4, -0.2) is 41.8 Å². The second-order valence-corrected chi connectivity index (χ2v) is 9.33. The fourth-order valence-electron chi connectivity index (χ4n) is 4.50. The van der Waals surface area contributed by atoms with Crippen molar-refractivity contribution in [2.24, 2.45) is 0 Å². The predicted octanol–water partition coefficient (Wildman–Crippen LogP) is 4.70. The Morgan fingerprint density at radius 1 is 1.07 bits per heavy atom. The highest BCUT2D eigenvalue weighted by molar-refractivity contribution is 5.68. The number of fused-ring (bicyclic) bond motifs is 1. The van der Waals surface area contributed by atoms with E-state index in [1.807, 2.05) is 20.8 Å². The molecule has 1 aromatic rings. The number of benzene rings is 1. The first-order chi connectivity index (χ1) is 12.9. The summed E-state index contributed by atoms with van der Waals surface area (Å²) in [5.74, 6) is 0. The maximum atomic E-state index is 12.4. The van der Waals surface area contributed by atoms with E-state index in [9.17, 15) is 4.79 Å². The summed E-state index contributed by atoms with van der Waals surface area (Å²) in [6, 6.07) is 8.84. The molecule has 1 heterocycles. The van der Waals surface area contributed by atoms with Crippen molar-refractivity contribution in [1.29, 1.82) is 0 Å². The third kappa shape index (κ3) is 5.97. The molecule has 0 unspecified atom stereocenters. The normalized spacial score (nSPS) is 20.4. The van der Waals surface area contributed by atoms with Gasteiger partial charge in [-0.2, -0.15) is 0 Å². The van der Waals surface area contributed by atoms with Gasteiger partial charge in [0.25, 0.3) is 0 Å². The standard InChI is InChI=1S/C23H36N2O2/c1-22(2,3)27-21(26)24-23(13-7-4-8-14-23)15-18-25-16-11-19-9-5-6-10-20(19)12-17-25/h5-6,9-10H,4,7-8,11-18H2,1-3H3,(H,24,26). The third-order valence-electron chi connectivity index (χ3n) is 6.00. The highest BCUT2D eigenvalue weighted by Crippen LogP contribution is 2.32. The first-order valence-electron chi connectivity index (χ1n) is 10.7. The lowest BCUT2D eigenvalue weighted by Gasteiger charge is -2.40. The average Bonchev–Trinajstić information content (AvgIpc) is 2.82. The Morgan fingerprint density at radius 3 is 2.22 bits per heavy atom. The van der Waals surface area contributed by atoms with Crippen LogP contribution in [0.2, 0.25) is 0 Å². The summed E-state index contributed by atoms with van der Waals surface area (Å²) in [6.07, 6.45) is 8.82. The van der Waals surface area contributed by atoms with Gasteiger partial charge in [0, 0.05) is 25.2 Å². The SMILES string of the molecule is CC(C)(C)OC(=O)NC1(CCN2CCc3ccccc3CC2)CCCCC1. The number of amides is 1. The lowest BCUT2D eigenvalue weighted by atomic mass is 9.79. The van der Waals surface area contributed by atoms with Crippen molar-refractivity contribution < 1.29 is 9.53 Å². The molecule has 0 bridgehead atoms. The van der Waals surface area contributed by atoms with Crippen LogP contribution in [0.1, 0.15) is 70.4 Å². The van der Waals surface area contributed by atoms with Gasteiger partial charge in [-0.05, 0) is 64.0 Å². The fourth-order valence-corrected chi connectivity index (χ4v) is 4.50. The van der Waals surface area contributed by atoms with E-state index in [0.29, 0.717) is 0 Å². The van der Waals surface area contributed by atoms with Crippen LogP contribution in [0.4, 0.5) is 4.79 Å². The van der Waals surface area contributed by atoms with Gasteiger partial charge < -0.3 is 15.0 Å². The van der Waals surface area contributed by atoms with Crippen LogP contribution >= 0.6 is 0 Å².